The van der Waals surface area contributed by atoms with Crippen LogP contribution in [0.2, 0.25) is 5.02 Å². The number of benzene rings is 5. The molecule has 5 aromatic rings. The number of nitrogens with zero attached hydrogens (tertiary/aromatic N) is 2. The lowest BCUT2D eigenvalue weighted by molar-refractivity contribution is -0.134. The first-order valence-electron chi connectivity index (χ1n) is 17.7. The SMILES string of the molecule is CN1CCCC1CCOC(C)(c1ccccc1)c1ccc(Cl)cc1.Cc1cccc(N(C)C(=S)Oc2ccc3ccccc3c2)c1.O=C(O)C=CC(=O)O. The molecule has 0 spiro atoms. The van der Waals surface area contributed by atoms with Crippen LogP contribution in [0.15, 0.2) is 133 Å². The largest absolute Gasteiger partial charge is 0.478 e. The average Bonchev–Trinajstić information content (AvgIpc) is 3.58. The zero-order valence-corrected chi connectivity index (χ0v) is 32.6. The lowest BCUT2D eigenvalue weighted by Gasteiger charge is -2.32. The van der Waals surface area contributed by atoms with Gasteiger partial charge in [0.2, 0.25) is 0 Å². The molecule has 0 radical (unpaired) electrons. The number of carbonyl (C=O) groups is 2. The number of hydrogen-bond donors (Lipinski definition) is 2. The van der Waals surface area contributed by atoms with Crippen molar-refractivity contribution in [1.82, 2.24) is 4.90 Å². The summed E-state index contributed by atoms with van der Waals surface area (Å²) in [6, 6.07) is 41.4. The molecule has 54 heavy (non-hydrogen) atoms. The lowest BCUT2D eigenvalue weighted by Crippen LogP contribution is -2.31. The van der Waals surface area contributed by atoms with Gasteiger partial charge in [-0.05, 0) is 123 Å². The number of likely N-dealkylation sites (tertiary alicyclic amines) is 1. The third kappa shape index (κ3) is 12.5. The van der Waals surface area contributed by atoms with Gasteiger partial charge in [-0.15, -0.1) is 0 Å². The Morgan fingerprint density at radius 3 is 2.11 bits per heavy atom. The number of aliphatic carboxylic acids is 2. The first-order chi connectivity index (χ1) is 25.9. The molecular weight excluding hydrogens is 720 g/mol. The predicted octanol–water partition coefficient (Wildman–Crippen LogP) is 9.76. The number of ether oxygens (including phenoxy) is 2. The number of thiocarbonyl (C=S) groups is 1. The quantitative estimate of drug-likeness (QED) is 0.106. The van der Waals surface area contributed by atoms with Gasteiger partial charge in [-0.25, -0.2) is 9.59 Å². The fourth-order valence-corrected chi connectivity index (χ4v) is 6.41. The summed E-state index contributed by atoms with van der Waals surface area (Å²) < 4.78 is 12.3. The molecule has 1 aliphatic heterocycles. The first kappa shape index (κ1) is 41.7. The van der Waals surface area contributed by atoms with Crippen LogP contribution in [0.4, 0.5) is 5.69 Å². The van der Waals surface area contributed by atoms with E-state index in [1.54, 1.807) is 0 Å². The Balaban J connectivity index is 0.000000202. The van der Waals surface area contributed by atoms with E-state index in [4.69, 9.17) is 43.5 Å². The van der Waals surface area contributed by atoms with Gasteiger partial charge in [-0.1, -0.05) is 96.5 Å². The van der Waals surface area contributed by atoms with Gasteiger partial charge in [-0.3, -0.25) is 0 Å². The van der Waals surface area contributed by atoms with Gasteiger partial charge >= 0.3 is 11.9 Å². The first-order valence-corrected chi connectivity index (χ1v) is 18.4. The molecule has 1 saturated heterocycles. The molecule has 2 atom stereocenters. The van der Waals surface area contributed by atoms with Crippen LogP contribution in [0.5, 0.6) is 5.75 Å². The fourth-order valence-electron chi connectivity index (χ4n) is 6.09. The molecule has 8 nitrogen and oxygen atoms in total. The van der Waals surface area contributed by atoms with E-state index >= 15 is 0 Å². The van der Waals surface area contributed by atoms with E-state index in [9.17, 15) is 9.59 Å². The minimum atomic E-state index is -1.26. The summed E-state index contributed by atoms with van der Waals surface area (Å²) in [5.41, 5.74) is 4.07. The molecule has 0 aromatic heterocycles. The van der Waals surface area contributed by atoms with E-state index in [1.807, 2.05) is 72.6 Å². The van der Waals surface area contributed by atoms with Gasteiger partial charge < -0.3 is 29.5 Å². The Bertz CT molecular complexity index is 2010. The molecule has 0 saturated carbocycles. The van der Waals surface area contributed by atoms with Crippen LogP contribution in [0, 0.1) is 6.92 Å². The Morgan fingerprint density at radius 1 is 0.870 bits per heavy atom. The van der Waals surface area contributed by atoms with Crippen molar-refractivity contribution in [2.45, 2.75) is 44.8 Å². The molecule has 0 aliphatic carbocycles. The number of hydrogen-bond acceptors (Lipinski definition) is 6. The maximum Gasteiger partial charge on any atom is 0.328 e. The number of halogens is 1. The fraction of sp³-hybridized carbons (Fsp3) is 0.250. The molecular formula is C44H47ClN2O6S. The van der Waals surface area contributed by atoms with Crippen LogP contribution in [0.1, 0.15) is 42.9 Å². The van der Waals surface area contributed by atoms with Gasteiger partial charge in [0.05, 0.1) is 0 Å². The Hall–Kier alpha value is -5.06. The van der Waals surface area contributed by atoms with Crippen molar-refractivity contribution in [3.8, 4) is 5.75 Å². The zero-order chi connectivity index (χ0) is 39.1. The van der Waals surface area contributed by atoms with Crippen molar-refractivity contribution >= 4 is 57.4 Å². The summed E-state index contributed by atoms with van der Waals surface area (Å²) in [5.74, 6) is -1.76. The van der Waals surface area contributed by atoms with Crippen molar-refractivity contribution in [3.05, 3.63) is 155 Å². The smallest absolute Gasteiger partial charge is 0.328 e. The van der Waals surface area contributed by atoms with Gasteiger partial charge in [0.25, 0.3) is 5.17 Å². The van der Waals surface area contributed by atoms with Crippen LogP contribution < -0.4 is 9.64 Å². The number of aryl methyl sites for hydroxylation is 1. The van der Waals surface area contributed by atoms with E-state index < -0.39 is 17.5 Å². The number of carboxylic acids is 2. The van der Waals surface area contributed by atoms with E-state index in [2.05, 4.69) is 86.5 Å². The molecule has 1 heterocycles. The topological polar surface area (TPSA) is 99.5 Å². The Morgan fingerprint density at radius 2 is 1.50 bits per heavy atom. The summed E-state index contributed by atoms with van der Waals surface area (Å²) in [4.78, 5) is 23.4. The Kier molecular flexibility index (Phi) is 15.8. The van der Waals surface area contributed by atoms with Gasteiger partial charge in [0.15, 0.2) is 0 Å². The summed E-state index contributed by atoms with van der Waals surface area (Å²) >= 11 is 11.5. The highest BCUT2D eigenvalue weighted by atomic mass is 35.5. The zero-order valence-electron chi connectivity index (χ0n) is 31.0. The van der Waals surface area contributed by atoms with Crippen LogP contribution in [0.25, 0.3) is 10.8 Å². The average molecular weight is 767 g/mol. The molecule has 0 bridgehead atoms. The van der Waals surface area contributed by atoms with Crippen molar-refractivity contribution in [3.63, 3.8) is 0 Å². The van der Waals surface area contributed by atoms with Crippen LogP contribution in [0.3, 0.4) is 0 Å². The second kappa shape index (κ2) is 20.4. The van der Waals surface area contributed by atoms with Gasteiger partial charge in [0.1, 0.15) is 11.4 Å². The van der Waals surface area contributed by atoms with Gasteiger partial charge in [0, 0.05) is 42.6 Å². The molecule has 2 N–H and O–H groups in total. The van der Waals surface area contributed by atoms with Crippen molar-refractivity contribution in [2.75, 3.05) is 32.1 Å². The van der Waals surface area contributed by atoms with E-state index in [-0.39, 0.29) is 0 Å². The van der Waals surface area contributed by atoms with Crippen molar-refractivity contribution < 1.29 is 29.3 Å². The van der Waals surface area contributed by atoms with E-state index in [0.717, 1.165) is 40.4 Å². The summed E-state index contributed by atoms with van der Waals surface area (Å²) in [6.07, 6.45) is 4.77. The molecule has 1 aliphatic rings. The van der Waals surface area contributed by atoms with Crippen molar-refractivity contribution in [2.24, 2.45) is 0 Å². The predicted molar refractivity (Wildman–Crippen MR) is 222 cm³/mol. The maximum absolute atomic E-state index is 9.55. The molecule has 1 fully saturated rings. The lowest BCUT2D eigenvalue weighted by atomic mass is 9.88. The second-order valence-electron chi connectivity index (χ2n) is 13.1. The van der Waals surface area contributed by atoms with Crippen LogP contribution in [-0.2, 0) is 19.9 Å². The number of fused-ring (bicyclic) bond motifs is 1. The van der Waals surface area contributed by atoms with E-state index in [1.165, 1.54) is 35.9 Å². The molecule has 5 aromatic carbocycles. The highest BCUT2D eigenvalue weighted by molar-refractivity contribution is 7.80. The number of anilines is 1. The second-order valence-corrected chi connectivity index (χ2v) is 13.9. The number of rotatable bonds is 10. The maximum atomic E-state index is 9.55. The van der Waals surface area contributed by atoms with Crippen molar-refractivity contribution in [1.29, 1.82) is 0 Å². The Labute approximate surface area is 328 Å². The minimum absolute atomic E-state index is 0.431. The third-order valence-corrected chi connectivity index (χ3v) is 9.80. The molecule has 6 rings (SSSR count). The normalized spacial score (nSPS) is 14.9. The summed E-state index contributed by atoms with van der Waals surface area (Å²) in [5, 5.41) is 19.1. The molecule has 10 heteroatoms. The van der Waals surface area contributed by atoms with Crippen LogP contribution >= 0.6 is 23.8 Å². The highest BCUT2D eigenvalue weighted by Crippen LogP contribution is 2.34. The third-order valence-electron chi connectivity index (χ3n) is 9.19. The van der Waals surface area contributed by atoms with Gasteiger partial charge in [-0.2, -0.15) is 0 Å². The highest BCUT2D eigenvalue weighted by Gasteiger charge is 2.31. The standard InChI is InChI=1S/C21H26ClNO.C19H17NOS.C4H4O4/c1-21(17-7-4-3-5-8-17,18-10-12-19(22)13-11-18)24-16-14-20-9-6-15-23(20)2;1-14-6-5-9-17(12-14)20(2)19(22)21-18-11-10-15-7-3-4-8-16(15)13-18;5-3(6)1-2-4(7)8/h3-5,7-8,10-13,20H,6,9,14-16H2,1-2H3;3-13H,1-2H3;1-2H,(H,5,6)(H,7,8). The monoisotopic (exact) mass is 766 g/mol. The minimum Gasteiger partial charge on any atom is -0.478 e. The molecule has 0 amide bonds. The number of carboxylic acid groups (broad SMARTS) is 2. The van der Waals surface area contributed by atoms with E-state index in [0.29, 0.717) is 23.4 Å². The van der Waals surface area contributed by atoms with Crippen LogP contribution in [-0.4, -0.2) is 65.5 Å². The summed E-state index contributed by atoms with van der Waals surface area (Å²) in [6.45, 7) is 6.18. The molecule has 2 unspecified atom stereocenters. The molecule has 282 valence electrons. The summed E-state index contributed by atoms with van der Waals surface area (Å²) in [7, 11) is 4.13.